The van der Waals surface area contributed by atoms with E-state index in [4.69, 9.17) is 4.74 Å². The molecule has 0 amide bonds. The van der Waals surface area contributed by atoms with Gasteiger partial charge in [0.2, 0.25) is 0 Å². The number of piperidine rings is 1. The zero-order chi connectivity index (χ0) is 18.6. The van der Waals surface area contributed by atoms with Crippen molar-refractivity contribution in [1.82, 2.24) is 5.32 Å². The molecule has 0 spiro atoms. The number of carbonyl (C=O) groups is 2. The third-order valence-corrected chi connectivity index (χ3v) is 4.95. The SMILES string of the molecule is CC(C)(C(=O)OC1CCNCC1)c1cccc(C(=O)c2ccccc2)c1.Cl. The first-order valence-electron chi connectivity index (χ1n) is 9.10. The van der Waals surface area contributed by atoms with E-state index in [1.807, 2.05) is 44.2 Å². The average molecular weight is 388 g/mol. The molecule has 1 aliphatic rings. The molecule has 2 aromatic rings. The van der Waals surface area contributed by atoms with E-state index < -0.39 is 5.41 Å². The maximum absolute atomic E-state index is 12.8. The molecule has 144 valence electrons. The van der Waals surface area contributed by atoms with Gasteiger partial charge in [-0.2, -0.15) is 0 Å². The summed E-state index contributed by atoms with van der Waals surface area (Å²) in [6.45, 7) is 5.45. The van der Waals surface area contributed by atoms with Gasteiger partial charge in [0.15, 0.2) is 5.78 Å². The minimum atomic E-state index is -0.808. The van der Waals surface area contributed by atoms with E-state index in [0.717, 1.165) is 31.5 Å². The van der Waals surface area contributed by atoms with Crippen molar-refractivity contribution in [3.63, 3.8) is 0 Å². The summed E-state index contributed by atoms with van der Waals surface area (Å²) in [4.78, 5) is 25.4. The van der Waals surface area contributed by atoms with Gasteiger partial charge in [-0.25, -0.2) is 0 Å². The molecule has 1 fully saturated rings. The van der Waals surface area contributed by atoms with Crippen LogP contribution in [0.4, 0.5) is 0 Å². The maximum atomic E-state index is 12.8. The lowest BCUT2D eigenvalue weighted by Crippen LogP contribution is -2.39. The highest BCUT2D eigenvalue weighted by Gasteiger charge is 2.34. The lowest BCUT2D eigenvalue weighted by atomic mass is 9.83. The number of carbonyl (C=O) groups excluding carboxylic acids is 2. The van der Waals surface area contributed by atoms with Crippen molar-refractivity contribution in [1.29, 1.82) is 0 Å². The van der Waals surface area contributed by atoms with Crippen LogP contribution in [0.25, 0.3) is 0 Å². The van der Waals surface area contributed by atoms with Gasteiger partial charge in [0, 0.05) is 11.1 Å². The van der Waals surface area contributed by atoms with Crippen molar-refractivity contribution < 1.29 is 14.3 Å². The maximum Gasteiger partial charge on any atom is 0.316 e. The summed E-state index contributed by atoms with van der Waals surface area (Å²) < 4.78 is 5.73. The first-order valence-corrected chi connectivity index (χ1v) is 9.10. The summed E-state index contributed by atoms with van der Waals surface area (Å²) in [5.41, 5.74) is 1.20. The molecule has 0 radical (unpaired) electrons. The Morgan fingerprint density at radius 2 is 1.59 bits per heavy atom. The van der Waals surface area contributed by atoms with Gasteiger partial charge in [-0.1, -0.05) is 48.5 Å². The first kappa shape index (κ1) is 21.1. The third-order valence-electron chi connectivity index (χ3n) is 4.95. The summed E-state index contributed by atoms with van der Waals surface area (Å²) in [6, 6.07) is 16.5. The Hall–Kier alpha value is -2.17. The van der Waals surface area contributed by atoms with Crippen LogP contribution < -0.4 is 5.32 Å². The molecule has 4 nitrogen and oxygen atoms in total. The number of nitrogens with one attached hydrogen (secondary N) is 1. The molecule has 27 heavy (non-hydrogen) atoms. The number of ether oxygens (including phenoxy) is 1. The number of esters is 1. The average Bonchev–Trinajstić information content (AvgIpc) is 2.69. The summed E-state index contributed by atoms with van der Waals surface area (Å²) >= 11 is 0. The van der Waals surface area contributed by atoms with Crippen molar-refractivity contribution in [3.8, 4) is 0 Å². The summed E-state index contributed by atoms with van der Waals surface area (Å²) in [5.74, 6) is -0.288. The topological polar surface area (TPSA) is 55.4 Å². The molecule has 1 N–H and O–H groups in total. The molecule has 2 aromatic carbocycles. The van der Waals surface area contributed by atoms with Gasteiger partial charge in [0.05, 0.1) is 5.41 Å². The predicted molar refractivity (Wildman–Crippen MR) is 109 cm³/mol. The van der Waals surface area contributed by atoms with E-state index in [0.29, 0.717) is 11.1 Å². The number of hydrogen-bond acceptors (Lipinski definition) is 4. The van der Waals surface area contributed by atoms with Crippen LogP contribution in [0.1, 0.15) is 48.2 Å². The second kappa shape index (κ2) is 9.16. The van der Waals surface area contributed by atoms with Crippen LogP contribution in [0.2, 0.25) is 0 Å². The Morgan fingerprint density at radius 1 is 0.963 bits per heavy atom. The van der Waals surface area contributed by atoms with E-state index in [9.17, 15) is 9.59 Å². The molecule has 1 aliphatic heterocycles. The molecule has 0 aromatic heterocycles. The molecule has 1 heterocycles. The highest BCUT2D eigenvalue weighted by molar-refractivity contribution is 6.09. The Bertz CT molecular complexity index is 783. The molecule has 3 rings (SSSR count). The zero-order valence-electron chi connectivity index (χ0n) is 15.7. The van der Waals surface area contributed by atoms with Crippen molar-refractivity contribution >= 4 is 24.2 Å². The quantitative estimate of drug-likeness (QED) is 0.624. The number of hydrogen-bond donors (Lipinski definition) is 1. The van der Waals surface area contributed by atoms with Crippen LogP contribution in [-0.4, -0.2) is 30.9 Å². The number of ketones is 1. The molecule has 1 saturated heterocycles. The Labute approximate surface area is 166 Å². The minimum absolute atomic E-state index is 0. The molecule has 0 saturated carbocycles. The van der Waals surface area contributed by atoms with Crippen LogP contribution in [0.3, 0.4) is 0 Å². The smallest absolute Gasteiger partial charge is 0.316 e. The minimum Gasteiger partial charge on any atom is -0.462 e. The van der Waals surface area contributed by atoms with Gasteiger partial charge in [-0.05, 0) is 51.4 Å². The van der Waals surface area contributed by atoms with E-state index in [2.05, 4.69) is 5.32 Å². The molecule has 0 atom stereocenters. The predicted octanol–water partition coefficient (Wildman–Crippen LogP) is 3.91. The van der Waals surface area contributed by atoms with Crippen LogP contribution in [0.5, 0.6) is 0 Å². The summed E-state index contributed by atoms with van der Waals surface area (Å²) in [6.07, 6.45) is 1.65. The van der Waals surface area contributed by atoms with Gasteiger partial charge >= 0.3 is 5.97 Å². The van der Waals surface area contributed by atoms with E-state index in [-0.39, 0.29) is 30.3 Å². The second-order valence-corrected chi connectivity index (χ2v) is 7.26. The Balaban J connectivity index is 0.00000261. The largest absolute Gasteiger partial charge is 0.462 e. The molecule has 0 bridgehead atoms. The fourth-order valence-corrected chi connectivity index (χ4v) is 3.14. The fourth-order valence-electron chi connectivity index (χ4n) is 3.14. The first-order chi connectivity index (χ1) is 12.5. The Kier molecular flexibility index (Phi) is 7.17. The van der Waals surface area contributed by atoms with Crippen LogP contribution in [-0.2, 0) is 14.9 Å². The van der Waals surface area contributed by atoms with Gasteiger partial charge in [0.25, 0.3) is 0 Å². The van der Waals surface area contributed by atoms with E-state index in [1.54, 1.807) is 24.3 Å². The number of rotatable bonds is 5. The number of benzene rings is 2. The van der Waals surface area contributed by atoms with Crippen LogP contribution in [0, 0.1) is 0 Å². The van der Waals surface area contributed by atoms with Gasteiger partial charge in [-0.15, -0.1) is 12.4 Å². The molecular formula is C22H26ClNO3. The number of halogens is 1. The van der Waals surface area contributed by atoms with Crippen LogP contribution in [0.15, 0.2) is 54.6 Å². The molecular weight excluding hydrogens is 362 g/mol. The Morgan fingerprint density at radius 3 is 2.26 bits per heavy atom. The standard InChI is InChI=1S/C22H25NO3.ClH/c1-22(2,21(25)26-19-11-13-23-14-12-19)18-10-6-9-17(15-18)20(24)16-7-4-3-5-8-16;/h3-10,15,19,23H,11-14H2,1-2H3;1H. The molecule has 5 heteroatoms. The summed E-state index contributed by atoms with van der Waals surface area (Å²) in [7, 11) is 0. The van der Waals surface area contributed by atoms with Gasteiger partial charge < -0.3 is 10.1 Å². The molecule has 0 aliphatic carbocycles. The van der Waals surface area contributed by atoms with Gasteiger partial charge in [0.1, 0.15) is 6.10 Å². The highest BCUT2D eigenvalue weighted by atomic mass is 35.5. The summed E-state index contributed by atoms with van der Waals surface area (Å²) in [5, 5.41) is 3.27. The van der Waals surface area contributed by atoms with Crippen LogP contribution >= 0.6 is 12.4 Å². The lowest BCUT2D eigenvalue weighted by Gasteiger charge is -2.29. The van der Waals surface area contributed by atoms with E-state index >= 15 is 0 Å². The van der Waals surface area contributed by atoms with Gasteiger partial charge in [-0.3, -0.25) is 9.59 Å². The van der Waals surface area contributed by atoms with Crippen molar-refractivity contribution in [2.75, 3.05) is 13.1 Å². The van der Waals surface area contributed by atoms with Crippen molar-refractivity contribution in [2.45, 2.75) is 38.2 Å². The lowest BCUT2D eigenvalue weighted by molar-refractivity contribution is -0.156. The normalized spacial score (nSPS) is 14.9. The van der Waals surface area contributed by atoms with Crippen molar-refractivity contribution in [3.05, 3.63) is 71.3 Å². The van der Waals surface area contributed by atoms with Crippen molar-refractivity contribution in [2.24, 2.45) is 0 Å². The highest BCUT2D eigenvalue weighted by Crippen LogP contribution is 2.27. The van der Waals surface area contributed by atoms with E-state index in [1.165, 1.54) is 0 Å². The third kappa shape index (κ3) is 4.96. The monoisotopic (exact) mass is 387 g/mol. The fraction of sp³-hybridized carbons (Fsp3) is 0.364. The molecule has 0 unspecified atom stereocenters. The zero-order valence-corrected chi connectivity index (χ0v) is 16.6. The second-order valence-electron chi connectivity index (χ2n) is 7.26.